The van der Waals surface area contributed by atoms with E-state index >= 15 is 0 Å². The summed E-state index contributed by atoms with van der Waals surface area (Å²) in [7, 11) is 1.63. The zero-order valence-electron chi connectivity index (χ0n) is 22.8. The second kappa shape index (κ2) is 12.8. The molecule has 3 amide bonds. The monoisotopic (exact) mass is 556 g/mol. The number of allylic oxidation sites excluding steroid dienone is 1. The van der Waals surface area contributed by atoms with E-state index in [-0.39, 0.29) is 48.2 Å². The minimum Gasteiger partial charge on any atom is -0.478 e. The smallest absolute Gasteiger partial charge is 0.335 e. The van der Waals surface area contributed by atoms with Crippen molar-refractivity contribution in [2.24, 2.45) is 5.92 Å². The summed E-state index contributed by atoms with van der Waals surface area (Å²) in [6.07, 6.45) is 6.06. The first kappa shape index (κ1) is 30.3. The maximum atomic E-state index is 13.6. The van der Waals surface area contributed by atoms with Crippen LogP contribution in [-0.4, -0.2) is 82.0 Å². The van der Waals surface area contributed by atoms with E-state index < -0.39 is 40.4 Å². The predicted octanol–water partition coefficient (Wildman–Crippen LogP) is 3.48. The SMILES string of the molecule is C=CCCCCN(C)C(=O)[C@@H]1C[C@H](c2cc([N+](=O)[O-])ccc2C(=O)O)CN1C(=O)N[C@]1(C(=O)OCC)C[C@H]1C=C. The fraction of sp³-hybridized carbons (Fsp3) is 0.500. The van der Waals surface area contributed by atoms with Crippen molar-refractivity contribution in [3.8, 4) is 0 Å². The number of carboxylic acid groups (broad SMARTS) is 1. The largest absolute Gasteiger partial charge is 0.478 e. The number of nitro benzene ring substituents is 1. The number of nitrogens with zero attached hydrogens (tertiary/aromatic N) is 3. The summed E-state index contributed by atoms with van der Waals surface area (Å²) in [4.78, 5) is 65.5. The van der Waals surface area contributed by atoms with Gasteiger partial charge in [0.15, 0.2) is 0 Å². The van der Waals surface area contributed by atoms with Crippen molar-refractivity contribution in [3.63, 3.8) is 0 Å². The van der Waals surface area contributed by atoms with Gasteiger partial charge in [-0.25, -0.2) is 14.4 Å². The lowest BCUT2D eigenvalue weighted by atomic mass is 9.91. The van der Waals surface area contributed by atoms with Crippen LogP contribution >= 0.6 is 0 Å². The summed E-state index contributed by atoms with van der Waals surface area (Å²) < 4.78 is 5.18. The van der Waals surface area contributed by atoms with Crippen LogP contribution in [0.3, 0.4) is 0 Å². The van der Waals surface area contributed by atoms with Gasteiger partial charge in [0.05, 0.1) is 17.1 Å². The third kappa shape index (κ3) is 6.32. The first-order valence-electron chi connectivity index (χ1n) is 13.3. The Bertz CT molecular complexity index is 1200. The van der Waals surface area contributed by atoms with Crippen LogP contribution < -0.4 is 5.32 Å². The van der Waals surface area contributed by atoms with E-state index in [4.69, 9.17) is 4.74 Å². The fourth-order valence-corrected chi connectivity index (χ4v) is 5.24. The Hall–Kier alpha value is -4.22. The van der Waals surface area contributed by atoms with Crippen molar-refractivity contribution in [1.82, 2.24) is 15.1 Å². The molecule has 40 heavy (non-hydrogen) atoms. The number of nitrogens with one attached hydrogen (secondary N) is 1. The molecular weight excluding hydrogens is 520 g/mol. The summed E-state index contributed by atoms with van der Waals surface area (Å²) >= 11 is 0. The molecule has 2 fully saturated rings. The van der Waals surface area contributed by atoms with E-state index in [2.05, 4.69) is 18.5 Å². The molecule has 3 rings (SSSR count). The zero-order valence-corrected chi connectivity index (χ0v) is 22.8. The first-order chi connectivity index (χ1) is 19.0. The summed E-state index contributed by atoms with van der Waals surface area (Å²) in [6.45, 7) is 9.55. The van der Waals surface area contributed by atoms with Crippen LogP contribution in [0.15, 0.2) is 43.5 Å². The fourth-order valence-electron chi connectivity index (χ4n) is 5.24. The third-order valence-electron chi connectivity index (χ3n) is 7.56. The van der Waals surface area contributed by atoms with Gasteiger partial charge in [0.1, 0.15) is 11.6 Å². The zero-order chi connectivity index (χ0) is 29.6. The number of urea groups is 1. The number of nitro groups is 1. The van der Waals surface area contributed by atoms with E-state index in [1.54, 1.807) is 26.1 Å². The van der Waals surface area contributed by atoms with E-state index in [0.29, 0.717) is 13.0 Å². The van der Waals surface area contributed by atoms with Gasteiger partial charge in [-0.1, -0.05) is 12.2 Å². The van der Waals surface area contributed by atoms with Crippen LogP contribution in [-0.2, 0) is 14.3 Å². The molecule has 1 aromatic carbocycles. The van der Waals surface area contributed by atoms with Crippen molar-refractivity contribution in [3.05, 3.63) is 64.8 Å². The number of non-ortho nitro benzene ring substituents is 1. The van der Waals surface area contributed by atoms with Crippen molar-refractivity contribution < 1.29 is 33.9 Å². The summed E-state index contributed by atoms with van der Waals surface area (Å²) in [5, 5.41) is 23.9. The second-order valence-corrected chi connectivity index (χ2v) is 10.1. The number of likely N-dealkylation sites (N-methyl/N-ethyl adjacent to an activating group) is 1. The molecule has 0 aromatic heterocycles. The molecule has 1 aliphatic heterocycles. The molecule has 12 nitrogen and oxygen atoms in total. The van der Waals surface area contributed by atoms with Crippen LogP contribution in [0, 0.1) is 16.0 Å². The Labute approximate surface area is 232 Å². The Morgan fingerprint density at radius 2 is 2.02 bits per heavy atom. The van der Waals surface area contributed by atoms with E-state index in [1.165, 1.54) is 15.9 Å². The molecule has 1 aliphatic carbocycles. The lowest BCUT2D eigenvalue weighted by Crippen LogP contribution is -2.55. The van der Waals surface area contributed by atoms with Crippen LogP contribution in [0.25, 0.3) is 0 Å². The molecule has 12 heteroatoms. The molecular formula is C28H36N4O8. The van der Waals surface area contributed by atoms with Gasteiger partial charge < -0.3 is 25.0 Å². The standard InChI is InChI=1S/C28H36N4O8/c1-5-8-9-10-13-30(4)24(33)23-14-18(22-15-20(32(38)39)11-12-21(22)25(34)35)17-31(23)27(37)29-28(16-19(28)6-2)26(36)40-7-3/h5-6,11-12,15,18-19,23H,1-2,7-10,13-14,16-17H2,3-4H3,(H,29,37)(H,34,35)/t18-,19+,23-,28+/m0/s1. The Morgan fingerprint density at radius 1 is 1.30 bits per heavy atom. The maximum absolute atomic E-state index is 13.6. The van der Waals surface area contributed by atoms with Crippen molar-refractivity contribution in [1.29, 1.82) is 0 Å². The molecule has 4 atom stereocenters. The number of carbonyl (C=O) groups is 4. The van der Waals surface area contributed by atoms with E-state index in [1.807, 2.05) is 0 Å². The topological polar surface area (TPSA) is 159 Å². The van der Waals surface area contributed by atoms with Gasteiger partial charge in [-0.2, -0.15) is 0 Å². The number of ether oxygens (including phenoxy) is 1. The highest BCUT2D eigenvalue weighted by Crippen LogP contribution is 2.46. The normalized spacial score (nSPS) is 23.1. The van der Waals surface area contributed by atoms with Crippen LogP contribution in [0.1, 0.15) is 60.9 Å². The first-order valence-corrected chi connectivity index (χ1v) is 13.3. The highest BCUT2D eigenvalue weighted by Gasteiger charge is 2.62. The number of esters is 1. The number of amides is 3. The Morgan fingerprint density at radius 3 is 2.60 bits per heavy atom. The molecule has 1 aromatic rings. The predicted molar refractivity (Wildman–Crippen MR) is 146 cm³/mol. The number of hydrogen-bond acceptors (Lipinski definition) is 7. The van der Waals surface area contributed by atoms with Gasteiger partial charge in [-0.15, -0.1) is 13.2 Å². The van der Waals surface area contributed by atoms with E-state index in [9.17, 15) is 34.4 Å². The quantitative estimate of drug-likeness (QED) is 0.123. The maximum Gasteiger partial charge on any atom is 0.335 e. The average molecular weight is 557 g/mol. The lowest BCUT2D eigenvalue weighted by molar-refractivity contribution is -0.384. The number of aromatic carboxylic acids is 1. The molecule has 1 heterocycles. The van der Waals surface area contributed by atoms with Gasteiger partial charge in [-0.3, -0.25) is 14.9 Å². The number of benzene rings is 1. The molecule has 0 radical (unpaired) electrons. The van der Waals surface area contributed by atoms with Gasteiger partial charge in [-0.05, 0) is 50.7 Å². The van der Waals surface area contributed by atoms with Gasteiger partial charge in [0.25, 0.3) is 5.69 Å². The number of carboxylic acids is 1. The Balaban J connectivity index is 1.94. The van der Waals surface area contributed by atoms with Gasteiger partial charge >= 0.3 is 18.0 Å². The number of carbonyl (C=O) groups excluding carboxylic acids is 3. The van der Waals surface area contributed by atoms with Crippen LogP contribution in [0.4, 0.5) is 10.5 Å². The molecule has 0 spiro atoms. The molecule has 2 N–H and O–H groups in total. The molecule has 216 valence electrons. The summed E-state index contributed by atoms with van der Waals surface area (Å²) in [5.41, 5.74) is -1.56. The van der Waals surface area contributed by atoms with Gasteiger partial charge in [0.2, 0.25) is 5.91 Å². The summed E-state index contributed by atoms with van der Waals surface area (Å²) in [6, 6.07) is 1.80. The van der Waals surface area contributed by atoms with Crippen molar-refractivity contribution in [2.45, 2.75) is 56.5 Å². The minimum atomic E-state index is -1.30. The molecule has 0 unspecified atom stereocenters. The second-order valence-electron chi connectivity index (χ2n) is 10.1. The minimum absolute atomic E-state index is 0.0575. The molecule has 2 aliphatic rings. The van der Waals surface area contributed by atoms with Crippen LogP contribution in [0.5, 0.6) is 0 Å². The Kier molecular flexibility index (Phi) is 9.67. The number of likely N-dealkylation sites (tertiary alicyclic amines) is 1. The van der Waals surface area contributed by atoms with Crippen molar-refractivity contribution in [2.75, 3.05) is 26.7 Å². The highest BCUT2D eigenvalue weighted by molar-refractivity contribution is 5.94. The molecule has 1 saturated heterocycles. The lowest BCUT2D eigenvalue weighted by Gasteiger charge is -2.29. The molecule has 0 bridgehead atoms. The number of unbranched alkanes of at least 4 members (excludes halogenated alkanes) is 2. The third-order valence-corrected chi connectivity index (χ3v) is 7.56. The average Bonchev–Trinajstić information content (AvgIpc) is 3.46. The van der Waals surface area contributed by atoms with Crippen molar-refractivity contribution >= 4 is 29.6 Å². The number of hydrogen-bond donors (Lipinski definition) is 2. The van der Waals surface area contributed by atoms with E-state index in [0.717, 1.165) is 31.4 Å². The van der Waals surface area contributed by atoms with Crippen LogP contribution in [0.2, 0.25) is 0 Å². The highest BCUT2D eigenvalue weighted by atomic mass is 16.6. The summed E-state index contributed by atoms with van der Waals surface area (Å²) in [5.74, 6) is -3.24. The van der Waals surface area contributed by atoms with Gasteiger partial charge in [0, 0.05) is 44.1 Å². The molecule has 1 saturated carbocycles. The number of rotatable bonds is 13.